The summed E-state index contributed by atoms with van der Waals surface area (Å²) in [6.45, 7) is 2.64. The summed E-state index contributed by atoms with van der Waals surface area (Å²) in [5.41, 5.74) is 3.54. The van der Waals surface area contributed by atoms with Gasteiger partial charge in [-0.25, -0.2) is 4.39 Å². The minimum atomic E-state index is -0.224. The zero-order valence-corrected chi connectivity index (χ0v) is 15.9. The Morgan fingerprint density at radius 1 is 1.04 bits per heavy atom. The number of carbonyl (C=O) groups is 1. The molecule has 2 aliphatic heterocycles. The van der Waals surface area contributed by atoms with Gasteiger partial charge in [0.2, 0.25) is 5.91 Å². The summed E-state index contributed by atoms with van der Waals surface area (Å²) in [5.74, 6) is 0.887. The maximum atomic E-state index is 13.9. The van der Waals surface area contributed by atoms with Crippen molar-refractivity contribution in [1.82, 2.24) is 10.2 Å². The number of hydrogen-bond acceptors (Lipinski definition) is 2. The van der Waals surface area contributed by atoms with E-state index in [1.54, 1.807) is 12.1 Å². The minimum absolute atomic E-state index is 0. The molecule has 27 heavy (non-hydrogen) atoms. The van der Waals surface area contributed by atoms with Crippen LogP contribution in [0.2, 0.25) is 0 Å². The topological polar surface area (TPSA) is 32.3 Å². The number of carbonyl (C=O) groups excluding carboxylic acids is 1. The Morgan fingerprint density at radius 2 is 1.78 bits per heavy atom. The van der Waals surface area contributed by atoms with Gasteiger partial charge >= 0.3 is 0 Å². The molecule has 1 amide bonds. The first-order valence-electron chi connectivity index (χ1n) is 9.54. The molecule has 1 N–H and O–H groups in total. The van der Waals surface area contributed by atoms with Gasteiger partial charge < -0.3 is 10.2 Å². The smallest absolute Gasteiger partial charge is 0.226 e. The zero-order valence-electron chi connectivity index (χ0n) is 15.1. The molecule has 2 saturated heterocycles. The Labute approximate surface area is 165 Å². The molecular formula is C22H24ClFN2O. The van der Waals surface area contributed by atoms with Crippen LogP contribution in [0.3, 0.4) is 0 Å². The van der Waals surface area contributed by atoms with Gasteiger partial charge in [0.25, 0.3) is 0 Å². The van der Waals surface area contributed by atoms with Gasteiger partial charge in [-0.2, -0.15) is 0 Å². The lowest BCUT2D eigenvalue weighted by atomic mass is 9.89. The van der Waals surface area contributed by atoms with Crippen molar-refractivity contribution < 1.29 is 9.18 Å². The van der Waals surface area contributed by atoms with Crippen LogP contribution in [0.4, 0.5) is 4.39 Å². The standard InChI is InChI=1S/C22H23FN2O.ClH/c23-19-7-3-6-16(10-19)21-20-12-24-11-18(20)13-25(21)22(26)17-8-14-4-1-2-5-15(14)9-17;/h1-7,10,17-18,20-21,24H,8-9,11-13H2;1H/t18-,20-,21+;/m0./s1. The Hall–Kier alpha value is -1.91. The number of hydrogen-bond donors (Lipinski definition) is 1. The van der Waals surface area contributed by atoms with Crippen molar-refractivity contribution in [2.24, 2.45) is 17.8 Å². The fourth-order valence-electron chi connectivity index (χ4n) is 5.23. The van der Waals surface area contributed by atoms with Crippen LogP contribution in [0.5, 0.6) is 0 Å². The third-order valence-corrected chi connectivity index (χ3v) is 6.44. The highest BCUT2D eigenvalue weighted by Gasteiger charge is 2.48. The van der Waals surface area contributed by atoms with Crippen molar-refractivity contribution in [3.8, 4) is 0 Å². The van der Waals surface area contributed by atoms with E-state index in [1.165, 1.54) is 17.2 Å². The van der Waals surface area contributed by atoms with E-state index in [0.29, 0.717) is 11.8 Å². The first-order valence-corrected chi connectivity index (χ1v) is 9.54. The maximum Gasteiger partial charge on any atom is 0.226 e. The highest BCUT2D eigenvalue weighted by Crippen LogP contribution is 2.44. The predicted octanol–water partition coefficient (Wildman–Crippen LogP) is 3.38. The third kappa shape index (κ3) is 3.15. The lowest BCUT2D eigenvalue weighted by Crippen LogP contribution is -2.39. The summed E-state index contributed by atoms with van der Waals surface area (Å²) in [6, 6.07) is 15.2. The summed E-state index contributed by atoms with van der Waals surface area (Å²) in [4.78, 5) is 15.5. The second-order valence-electron chi connectivity index (χ2n) is 7.95. The average Bonchev–Trinajstić information content (AvgIpc) is 3.34. The van der Waals surface area contributed by atoms with Crippen molar-refractivity contribution in [2.45, 2.75) is 18.9 Å². The number of fused-ring (bicyclic) bond motifs is 2. The van der Waals surface area contributed by atoms with E-state index in [-0.39, 0.29) is 36.1 Å². The molecule has 2 aromatic carbocycles. The van der Waals surface area contributed by atoms with Crippen LogP contribution >= 0.6 is 12.4 Å². The largest absolute Gasteiger partial charge is 0.335 e. The van der Waals surface area contributed by atoms with E-state index in [2.05, 4.69) is 22.3 Å². The molecule has 0 aromatic heterocycles. The maximum absolute atomic E-state index is 13.9. The summed E-state index contributed by atoms with van der Waals surface area (Å²) in [6.07, 6.45) is 1.66. The van der Waals surface area contributed by atoms with Gasteiger partial charge in [0.1, 0.15) is 5.82 Å². The quantitative estimate of drug-likeness (QED) is 0.858. The molecular weight excluding hydrogens is 363 g/mol. The normalized spacial score (nSPS) is 26.6. The van der Waals surface area contributed by atoms with Crippen LogP contribution in [-0.2, 0) is 17.6 Å². The summed E-state index contributed by atoms with van der Waals surface area (Å²) in [5, 5.41) is 3.45. The highest BCUT2D eigenvalue weighted by atomic mass is 35.5. The van der Waals surface area contributed by atoms with Gasteiger partial charge in [-0.15, -0.1) is 12.4 Å². The molecule has 3 atom stereocenters. The Morgan fingerprint density at radius 3 is 2.48 bits per heavy atom. The number of amides is 1. The van der Waals surface area contributed by atoms with Crippen LogP contribution in [0.25, 0.3) is 0 Å². The van der Waals surface area contributed by atoms with E-state index >= 15 is 0 Å². The van der Waals surface area contributed by atoms with Crippen molar-refractivity contribution >= 4 is 18.3 Å². The highest BCUT2D eigenvalue weighted by molar-refractivity contribution is 5.85. The van der Waals surface area contributed by atoms with Crippen LogP contribution in [0.1, 0.15) is 22.7 Å². The molecule has 5 heteroatoms. The van der Waals surface area contributed by atoms with Gasteiger partial charge in [0, 0.05) is 31.5 Å². The number of rotatable bonds is 2. The van der Waals surface area contributed by atoms with E-state index in [4.69, 9.17) is 0 Å². The summed E-state index contributed by atoms with van der Waals surface area (Å²) < 4.78 is 13.9. The first-order chi connectivity index (χ1) is 12.7. The first kappa shape index (κ1) is 18.5. The zero-order chi connectivity index (χ0) is 17.7. The van der Waals surface area contributed by atoms with Crippen molar-refractivity contribution in [3.63, 3.8) is 0 Å². The predicted molar refractivity (Wildman–Crippen MR) is 105 cm³/mol. The fourth-order valence-corrected chi connectivity index (χ4v) is 5.23. The molecule has 0 spiro atoms. The molecule has 142 valence electrons. The number of likely N-dealkylation sites (tertiary alicyclic amines) is 1. The molecule has 1 aliphatic carbocycles. The van der Waals surface area contributed by atoms with Gasteiger partial charge in [0.15, 0.2) is 0 Å². The molecule has 2 aromatic rings. The molecule has 2 heterocycles. The van der Waals surface area contributed by atoms with Crippen LogP contribution in [0, 0.1) is 23.6 Å². The van der Waals surface area contributed by atoms with E-state index in [9.17, 15) is 9.18 Å². The monoisotopic (exact) mass is 386 g/mol. The molecule has 3 aliphatic rings. The Balaban J connectivity index is 0.00000180. The number of benzene rings is 2. The van der Waals surface area contributed by atoms with Crippen LogP contribution in [0.15, 0.2) is 48.5 Å². The molecule has 2 fully saturated rings. The van der Waals surface area contributed by atoms with Crippen molar-refractivity contribution in [3.05, 3.63) is 71.0 Å². The van der Waals surface area contributed by atoms with Crippen molar-refractivity contribution in [1.29, 1.82) is 0 Å². The van der Waals surface area contributed by atoms with E-state index in [0.717, 1.165) is 38.0 Å². The molecule has 0 bridgehead atoms. The third-order valence-electron chi connectivity index (χ3n) is 6.44. The molecule has 3 nitrogen and oxygen atoms in total. The fraction of sp³-hybridized carbons (Fsp3) is 0.409. The molecule has 0 unspecified atom stereocenters. The van der Waals surface area contributed by atoms with Crippen molar-refractivity contribution in [2.75, 3.05) is 19.6 Å². The van der Waals surface area contributed by atoms with Gasteiger partial charge in [0.05, 0.1) is 6.04 Å². The van der Waals surface area contributed by atoms with Crippen LogP contribution in [-0.4, -0.2) is 30.4 Å². The molecule has 0 saturated carbocycles. The number of halogens is 2. The van der Waals surface area contributed by atoms with E-state index in [1.807, 2.05) is 18.2 Å². The molecule has 0 radical (unpaired) electrons. The lowest BCUT2D eigenvalue weighted by molar-refractivity contribution is -0.136. The second-order valence-corrected chi connectivity index (χ2v) is 7.95. The molecule has 5 rings (SSSR count). The summed E-state index contributed by atoms with van der Waals surface area (Å²) >= 11 is 0. The van der Waals surface area contributed by atoms with E-state index < -0.39 is 0 Å². The average molecular weight is 387 g/mol. The Bertz CT molecular complexity index is 833. The van der Waals surface area contributed by atoms with Gasteiger partial charge in [-0.3, -0.25) is 4.79 Å². The van der Waals surface area contributed by atoms with Crippen LogP contribution < -0.4 is 5.32 Å². The Kier molecular flexibility index (Phi) is 4.95. The minimum Gasteiger partial charge on any atom is -0.335 e. The summed E-state index contributed by atoms with van der Waals surface area (Å²) in [7, 11) is 0. The van der Waals surface area contributed by atoms with Gasteiger partial charge in [-0.1, -0.05) is 36.4 Å². The van der Waals surface area contributed by atoms with Gasteiger partial charge in [-0.05, 0) is 47.6 Å². The SMILES string of the molecule is Cl.O=C(C1Cc2ccccc2C1)N1C[C@@H]2CNC[C@@H]2[C@H]1c1cccc(F)c1. The second kappa shape index (κ2) is 7.25. The lowest BCUT2D eigenvalue weighted by Gasteiger charge is -2.30. The number of nitrogens with zero attached hydrogens (tertiary/aromatic N) is 1. The number of nitrogens with one attached hydrogen (secondary N) is 1.